The summed E-state index contributed by atoms with van der Waals surface area (Å²) in [7, 11) is 1.79. The van der Waals surface area contributed by atoms with Crippen molar-refractivity contribution in [2.45, 2.75) is 44.6 Å². The number of nitrogen functional groups attached to an aromatic ring is 1. The van der Waals surface area contributed by atoms with Crippen LogP contribution >= 0.6 is 0 Å². The van der Waals surface area contributed by atoms with Gasteiger partial charge in [0.15, 0.2) is 0 Å². The monoisotopic (exact) mass is 251 g/mol. The van der Waals surface area contributed by atoms with E-state index >= 15 is 0 Å². The van der Waals surface area contributed by atoms with E-state index in [-0.39, 0.29) is 5.82 Å². The van der Waals surface area contributed by atoms with Gasteiger partial charge in [-0.05, 0) is 55.4 Å². The van der Waals surface area contributed by atoms with Crippen LogP contribution in [0, 0.1) is 11.7 Å². The van der Waals surface area contributed by atoms with E-state index in [0.29, 0.717) is 17.7 Å². The first-order chi connectivity index (χ1) is 8.70. The summed E-state index contributed by atoms with van der Waals surface area (Å²) in [5.74, 6) is 0.387. The van der Waals surface area contributed by atoms with Gasteiger partial charge in [-0.15, -0.1) is 0 Å². The smallest absolute Gasteiger partial charge is 0.123 e. The number of aryl methyl sites for hydroxylation is 1. The summed E-state index contributed by atoms with van der Waals surface area (Å²) in [6, 6.07) is 4.62. The van der Waals surface area contributed by atoms with Crippen molar-refractivity contribution in [2.24, 2.45) is 5.92 Å². The van der Waals surface area contributed by atoms with Crippen LogP contribution in [0.3, 0.4) is 0 Å². The highest BCUT2D eigenvalue weighted by molar-refractivity contribution is 5.46. The number of rotatable bonds is 4. The molecule has 0 saturated heterocycles. The van der Waals surface area contributed by atoms with Gasteiger partial charge in [-0.1, -0.05) is 12.8 Å². The molecule has 0 aliphatic heterocycles. The highest BCUT2D eigenvalue weighted by Crippen LogP contribution is 2.30. The molecule has 2 nitrogen and oxygen atoms in total. The second-order valence-electron chi connectivity index (χ2n) is 5.20. The molecule has 18 heavy (non-hydrogen) atoms. The number of ether oxygens (including phenoxy) is 1. The normalized spacial score (nSPS) is 24.1. The fourth-order valence-electron chi connectivity index (χ4n) is 2.95. The lowest BCUT2D eigenvalue weighted by Crippen LogP contribution is -2.27. The van der Waals surface area contributed by atoms with Gasteiger partial charge in [-0.3, -0.25) is 0 Å². The zero-order valence-electron chi connectivity index (χ0n) is 11.0. The van der Waals surface area contributed by atoms with E-state index < -0.39 is 0 Å². The average Bonchev–Trinajstić information content (AvgIpc) is 2.40. The Hall–Kier alpha value is -1.09. The first-order valence-electron chi connectivity index (χ1n) is 6.77. The third kappa shape index (κ3) is 3.22. The van der Waals surface area contributed by atoms with Crippen molar-refractivity contribution in [3.05, 3.63) is 29.6 Å². The second-order valence-corrected chi connectivity index (χ2v) is 5.20. The predicted molar refractivity (Wildman–Crippen MR) is 71.9 cm³/mol. The molecule has 2 N–H and O–H groups in total. The highest BCUT2D eigenvalue weighted by atomic mass is 19.1. The van der Waals surface area contributed by atoms with Crippen LogP contribution in [0.4, 0.5) is 10.1 Å². The zero-order valence-corrected chi connectivity index (χ0v) is 11.0. The molecule has 0 bridgehead atoms. The Kier molecular flexibility index (Phi) is 4.59. The topological polar surface area (TPSA) is 35.2 Å². The molecule has 100 valence electrons. The maximum Gasteiger partial charge on any atom is 0.123 e. The number of methoxy groups -OCH3 is 1. The SMILES string of the molecule is CO[C@H]1CCCC[C@H]1CCc1cc(F)ccc1N. The molecule has 1 fully saturated rings. The zero-order chi connectivity index (χ0) is 13.0. The van der Waals surface area contributed by atoms with Crippen LogP contribution in [-0.4, -0.2) is 13.2 Å². The molecule has 0 heterocycles. The Bertz CT molecular complexity index is 394. The van der Waals surface area contributed by atoms with Gasteiger partial charge in [0.1, 0.15) is 5.82 Å². The van der Waals surface area contributed by atoms with Gasteiger partial charge in [0.2, 0.25) is 0 Å². The van der Waals surface area contributed by atoms with Crippen LogP contribution in [-0.2, 0) is 11.2 Å². The number of anilines is 1. The van der Waals surface area contributed by atoms with Gasteiger partial charge >= 0.3 is 0 Å². The molecule has 1 aliphatic carbocycles. The lowest BCUT2D eigenvalue weighted by atomic mass is 9.82. The number of halogens is 1. The van der Waals surface area contributed by atoms with Crippen molar-refractivity contribution in [1.29, 1.82) is 0 Å². The molecule has 0 amide bonds. The third-order valence-corrected chi connectivity index (χ3v) is 4.03. The Morgan fingerprint density at radius 2 is 2.11 bits per heavy atom. The molecule has 0 radical (unpaired) electrons. The fraction of sp³-hybridized carbons (Fsp3) is 0.600. The summed E-state index contributed by atoms with van der Waals surface area (Å²) >= 11 is 0. The Morgan fingerprint density at radius 3 is 2.89 bits per heavy atom. The van der Waals surface area contributed by atoms with Gasteiger partial charge in [0.05, 0.1) is 6.10 Å². The summed E-state index contributed by atoms with van der Waals surface area (Å²) in [4.78, 5) is 0. The molecular weight excluding hydrogens is 229 g/mol. The number of benzene rings is 1. The minimum atomic E-state index is -0.203. The van der Waals surface area contributed by atoms with Crippen molar-refractivity contribution >= 4 is 5.69 Å². The lowest BCUT2D eigenvalue weighted by molar-refractivity contribution is 0.0206. The third-order valence-electron chi connectivity index (χ3n) is 4.03. The van der Waals surface area contributed by atoms with Crippen molar-refractivity contribution in [3.8, 4) is 0 Å². The Labute approximate surface area is 108 Å². The number of hydrogen-bond acceptors (Lipinski definition) is 2. The predicted octanol–water partition coefficient (Wildman–Crippen LogP) is 3.55. The van der Waals surface area contributed by atoms with Gasteiger partial charge in [0.25, 0.3) is 0 Å². The van der Waals surface area contributed by atoms with E-state index in [0.717, 1.165) is 24.8 Å². The van der Waals surface area contributed by atoms with Crippen molar-refractivity contribution < 1.29 is 9.13 Å². The maximum atomic E-state index is 13.2. The van der Waals surface area contributed by atoms with Gasteiger partial charge in [-0.25, -0.2) is 4.39 Å². The van der Waals surface area contributed by atoms with Gasteiger partial charge in [0, 0.05) is 12.8 Å². The quantitative estimate of drug-likeness (QED) is 0.831. The summed E-state index contributed by atoms with van der Waals surface area (Å²) in [5, 5.41) is 0. The van der Waals surface area contributed by atoms with Crippen LogP contribution < -0.4 is 5.73 Å². The molecule has 0 spiro atoms. The van der Waals surface area contributed by atoms with Crippen molar-refractivity contribution in [1.82, 2.24) is 0 Å². The molecule has 2 rings (SSSR count). The largest absolute Gasteiger partial charge is 0.399 e. The van der Waals surface area contributed by atoms with E-state index in [9.17, 15) is 4.39 Å². The highest BCUT2D eigenvalue weighted by Gasteiger charge is 2.24. The van der Waals surface area contributed by atoms with E-state index in [1.165, 1.54) is 25.3 Å². The number of hydrogen-bond donors (Lipinski definition) is 1. The van der Waals surface area contributed by atoms with E-state index in [1.54, 1.807) is 19.2 Å². The van der Waals surface area contributed by atoms with Crippen LogP contribution in [0.1, 0.15) is 37.7 Å². The summed E-state index contributed by atoms with van der Waals surface area (Å²) in [6.45, 7) is 0. The van der Waals surface area contributed by atoms with Crippen LogP contribution in [0.5, 0.6) is 0 Å². The van der Waals surface area contributed by atoms with E-state index in [2.05, 4.69) is 0 Å². The fourth-order valence-corrected chi connectivity index (χ4v) is 2.95. The first kappa shape index (κ1) is 13.3. The molecule has 1 aliphatic rings. The standard InChI is InChI=1S/C15H22FNO/c1-18-15-5-3-2-4-11(15)6-7-12-10-13(16)8-9-14(12)17/h8-11,15H,2-7,17H2,1H3/t11-,15-/m0/s1. The molecule has 1 aromatic rings. The van der Waals surface area contributed by atoms with Crippen molar-refractivity contribution in [3.63, 3.8) is 0 Å². The van der Waals surface area contributed by atoms with E-state index in [1.807, 2.05) is 0 Å². The summed E-state index contributed by atoms with van der Waals surface area (Å²) in [5.41, 5.74) is 7.50. The van der Waals surface area contributed by atoms with Gasteiger partial charge < -0.3 is 10.5 Å². The maximum absolute atomic E-state index is 13.2. The minimum absolute atomic E-state index is 0.203. The molecule has 0 unspecified atom stereocenters. The minimum Gasteiger partial charge on any atom is -0.399 e. The second kappa shape index (κ2) is 6.19. The molecule has 1 saturated carbocycles. The number of nitrogens with two attached hydrogens (primary N) is 1. The van der Waals surface area contributed by atoms with E-state index in [4.69, 9.17) is 10.5 Å². The summed E-state index contributed by atoms with van der Waals surface area (Å²) < 4.78 is 18.7. The molecule has 0 aromatic heterocycles. The average molecular weight is 251 g/mol. The molecule has 2 atom stereocenters. The Balaban J connectivity index is 1.95. The van der Waals surface area contributed by atoms with Crippen LogP contribution in [0.2, 0.25) is 0 Å². The first-order valence-corrected chi connectivity index (χ1v) is 6.77. The van der Waals surface area contributed by atoms with Crippen LogP contribution in [0.15, 0.2) is 18.2 Å². The lowest BCUT2D eigenvalue weighted by Gasteiger charge is -2.30. The van der Waals surface area contributed by atoms with Gasteiger partial charge in [-0.2, -0.15) is 0 Å². The molecule has 3 heteroatoms. The molecular formula is C15H22FNO. The molecule has 1 aromatic carbocycles. The summed E-state index contributed by atoms with van der Waals surface area (Å²) in [6.07, 6.45) is 7.15. The Morgan fingerprint density at radius 1 is 1.33 bits per heavy atom. The van der Waals surface area contributed by atoms with Crippen molar-refractivity contribution in [2.75, 3.05) is 12.8 Å². The van der Waals surface area contributed by atoms with Crippen LogP contribution in [0.25, 0.3) is 0 Å².